The zero-order chi connectivity index (χ0) is 16.6. The molecule has 0 aliphatic carbocycles. The Hall–Kier alpha value is -2.70. The zero-order valence-electron chi connectivity index (χ0n) is 13.7. The van der Waals surface area contributed by atoms with Crippen LogP contribution in [-0.2, 0) is 17.8 Å². The van der Waals surface area contributed by atoms with Gasteiger partial charge in [0.2, 0.25) is 5.91 Å². The predicted octanol–water partition coefficient (Wildman–Crippen LogP) is 1.84. The Balaban J connectivity index is 1.79. The number of likely N-dealkylation sites (N-methyl/N-ethyl adjacent to an activating group) is 1. The van der Waals surface area contributed by atoms with Crippen LogP contribution >= 0.6 is 0 Å². The van der Waals surface area contributed by atoms with Gasteiger partial charge in [-0.1, -0.05) is 0 Å². The van der Waals surface area contributed by atoms with E-state index in [1.54, 1.807) is 16.5 Å². The van der Waals surface area contributed by atoms with E-state index in [4.69, 9.17) is 4.42 Å². The first-order chi connectivity index (χ1) is 11.0. The molecule has 3 heterocycles. The number of rotatable bonds is 4. The molecule has 3 aromatic heterocycles. The molecule has 23 heavy (non-hydrogen) atoms. The molecule has 0 aromatic carbocycles. The largest absolute Gasteiger partial charge is 0.464 e. The van der Waals surface area contributed by atoms with Gasteiger partial charge in [0.05, 0.1) is 13.0 Å². The minimum atomic E-state index is 0.00604. The third-order valence-electron chi connectivity index (χ3n) is 3.93. The van der Waals surface area contributed by atoms with Gasteiger partial charge in [0.1, 0.15) is 17.8 Å². The Morgan fingerprint density at radius 2 is 2.09 bits per heavy atom. The van der Waals surface area contributed by atoms with Crippen LogP contribution in [0.4, 0.5) is 0 Å². The molecule has 0 bridgehead atoms. The van der Waals surface area contributed by atoms with Crippen LogP contribution in [0.5, 0.6) is 0 Å². The number of aromatic nitrogens is 4. The van der Waals surface area contributed by atoms with Gasteiger partial charge in [0.15, 0.2) is 0 Å². The molecule has 120 valence electrons. The molecule has 0 aliphatic rings. The molecule has 7 heteroatoms. The smallest absolute Gasteiger partial charge is 0.252 e. The summed E-state index contributed by atoms with van der Waals surface area (Å²) in [6.45, 7) is 6.15. The highest BCUT2D eigenvalue weighted by atomic mass is 16.3. The molecule has 0 fully saturated rings. The Morgan fingerprint density at radius 3 is 2.78 bits per heavy atom. The number of carbonyl (C=O) groups excluding carboxylic acids is 1. The first kappa shape index (κ1) is 15.2. The van der Waals surface area contributed by atoms with Gasteiger partial charge < -0.3 is 9.32 Å². The van der Waals surface area contributed by atoms with E-state index >= 15 is 0 Å². The average Bonchev–Trinajstić information content (AvgIpc) is 3.12. The lowest BCUT2D eigenvalue weighted by molar-refractivity contribution is -0.129. The number of furan rings is 1. The van der Waals surface area contributed by atoms with Crippen LogP contribution in [0.2, 0.25) is 0 Å². The van der Waals surface area contributed by atoms with Crippen molar-refractivity contribution in [3.63, 3.8) is 0 Å². The highest BCUT2D eigenvalue weighted by molar-refractivity contribution is 5.79. The Kier molecular flexibility index (Phi) is 3.85. The molecule has 0 radical (unpaired) electrons. The highest BCUT2D eigenvalue weighted by Crippen LogP contribution is 2.15. The van der Waals surface area contributed by atoms with Crippen molar-refractivity contribution >= 4 is 11.7 Å². The minimum Gasteiger partial charge on any atom is -0.464 e. The van der Waals surface area contributed by atoms with Gasteiger partial charge in [0.25, 0.3) is 5.78 Å². The molecule has 0 aliphatic heterocycles. The Morgan fingerprint density at radius 1 is 1.30 bits per heavy atom. The van der Waals surface area contributed by atoms with Gasteiger partial charge in [-0.25, -0.2) is 9.50 Å². The van der Waals surface area contributed by atoms with Gasteiger partial charge in [-0.2, -0.15) is 10.1 Å². The summed E-state index contributed by atoms with van der Waals surface area (Å²) in [4.78, 5) is 22.7. The zero-order valence-corrected chi connectivity index (χ0v) is 13.7. The summed E-state index contributed by atoms with van der Waals surface area (Å²) in [6.07, 6.45) is 1.74. The minimum absolute atomic E-state index is 0.00604. The number of hydrogen-bond acceptors (Lipinski definition) is 5. The third-order valence-corrected chi connectivity index (χ3v) is 3.93. The van der Waals surface area contributed by atoms with Crippen molar-refractivity contribution < 1.29 is 9.21 Å². The lowest BCUT2D eigenvalue weighted by Gasteiger charge is -2.17. The molecule has 0 unspecified atom stereocenters. The standard InChI is InChI=1S/C16H19N5O2/c1-10-5-6-13(23-10)8-20(4)15(22)7-14-11(2)19-16-17-9-18-21(16)12(14)3/h5-6,9H,7-8H2,1-4H3. The van der Waals surface area contributed by atoms with E-state index in [1.807, 2.05) is 32.9 Å². The van der Waals surface area contributed by atoms with Crippen molar-refractivity contribution in [2.45, 2.75) is 33.7 Å². The lowest BCUT2D eigenvalue weighted by Crippen LogP contribution is -2.28. The van der Waals surface area contributed by atoms with E-state index in [0.29, 0.717) is 12.3 Å². The highest BCUT2D eigenvalue weighted by Gasteiger charge is 2.17. The first-order valence-corrected chi connectivity index (χ1v) is 7.41. The molecule has 7 nitrogen and oxygen atoms in total. The predicted molar refractivity (Wildman–Crippen MR) is 83.9 cm³/mol. The SMILES string of the molecule is Cc1ccc(CN(C)C(=O)Cc2c(C)nc3ncnn3c2C)o1. The molecule has 3 aromatic rings. The van der Waals surface area contributed by atoms with Crippen molar-refractivity contribution in [2.75, 3.05) is 7.05 Å². The van der Waals surface area contributed by atoms with Crippen LogP contribution in [0.25, 0.3) is 5.78 Å². The van der Waals surface area contributed by atoms with E-state index in [1.165, 1.54) is 6.33 Å². The second-order valence-electron chi connectivity index (χ2n) is 5.67. The van der Waals surface area contributed by atoms with E-state index in [9.17, 15) is 4.79 Å². The maximum absolute atomic E-state index is 12.5. The van der Waals surface area contributed by atoms with Gasteiger partial charge >= 0.3 is 0 Å². The number of hydrogen-bond donors (Lipinski definition) is 0. The van der Waals surface area contributed by atoms with Gasteiger partial charge in [-0.15, -0.1) is 0 Å². The quantitative estimate of drug-likeness (QED) is 0.734. The van der Waals surface area contributed by atoms with Crippen molar-refractivity contribution in [3.8, 4) is 0 Å². The van der Waals surface area contributed by atoms with E-state index in [-0.39, 0.29) is 12.3 Å². The van der Waals surface area contributed by atoms with Gasteiger partial charge in [-0.3, -0.25) is 4.79 Å². The van der Waals surface area contributed by atoms with Crippen molar-refractivity contribution in [3.05, 3.63) is 46.9 Å². The number of carbonyl (C=O) groups is 1. The maximum Gasteiger partial charge on any atom is 0.252 e. The Bertz CT molecular complexity index is 865. The summed E-state index contributed by atoms with van der Waals surface area (Å²) in [5.41, 5.74) is 2.58. The van der Waals surface area contributed by atoms with E-state index in [2.05, 4.69) is 15.1 Å². The van der Waals surface area contributed by atoms with Gasteiger partial charge in [-0.05, 0) is 32.9 Å². The molecule has 0 spiro atoms. The van der Waals surface area contributed by atoms with Crippen LogP contribution in [0.15, 0.2) is 22.9 Å². The monoisotopic (exact) mass is 313 g/mol. The first-order valence-electron chi connectivity index (χ1n) is 7.41. The van der Waals surface area contributed by atoms with Crippen molar-refractivity contribution in [1.82, 2.24) is 24.5 Å². The summed E-state index contributed by atoms with van der Waals surface area (Å²) in [6, 6.07) is 3.78. The Labute approximate surface area is 134 Å². The maximum atomic E-state index is 12.5. The molecule has 1 amide bonds. The van der Waals surface area contributed by atoms with Crippen LogP contribution < -0.4 is 0 Å². The molecule has 3 rings (SSSR count). The van der Waals surface area contributed by atoms with E-state index < -0.39 is 0 Å². The van der Waals surface area contributed by atoms with Crippen LogP contribution in [0, 0.1) is 20.8 Å². The van der Waals surface area contributed by atoms with Gasteiger partial charge in [0, 0.05) is 24.0 Å². The normalized spacial score (nSPS) is 11.1. The number of aryl methyl sites for hydroxylation is 3. The molecule has 0 atom stereocenters. The molecular weight excluding hydrogens is 294 g/mol. The molecule has 0 saturated carbocycles. The number of amides is 1. The fraction of sp³-hybridized carbons (Fsp3) is 0.375. The van der Waals surface area contributed by atoms with Crippen LogP contribution in [-0.4, -0.2) is 37.4 Å². The fourth-order valence-electron chi connectivity index (χ4n) is 2.59. The molecule has 0 saturated heterocycles. The van der Waals surface area contributed by atoms with Crippen molar-refractivity contribution in [2.24, 2.45) is 0 Å². The summed E-state index contributed by atoms with van der Waals surface area (Å²) in [5.74, 6) is 2.17. The second-order valence-corrected chi connectivity index (χ2v) is 5.67. The number of nitrogens with zero attached hydrogens (tertiary/aromatic N) is 5. The molecular formula is C16H19N5O2. The second kappa shape index (κ2) is 5.83. The number of fused-ring (bicyclic) bond motifs is 1. The topological polar surface area (TPSA) is 76.5 Å². The van der Waals surface area contributed by atoms with E-state index in [0.717, 1.165) is 28.5 Å². The summed E-state index contributed by atoms with van der Waals surface area (Å²) in [7, 11) is 1.77. The summed E-state index contributed by atoms with van der Waals surface area (Å²) >= 11 is 0. The fourth-order valence-corrected chi connectivity index (χ4v) is 2.59. The summed E-state index contributed by atoms with van der Waals surface area (Å²) < 4.78 is 7.18. The lowest BCUT2D eigenvalue weighted by atomic mass is 10.1. The average molecular weight is 313 g/mol. The molecule has 0 N–H and O–H groups in total. The van der Waals surface area contributed by atoms with Crippen LogP contribution in [0.1, 0.15) is 28.5 Å². The summed E-state index contributed by atoms with van der Waals surface area (Å²) in [5, 5.41) is 4.15. The van der Waals surface area contributed by atoms with Crippen LogP contribution in [0.3, 0.4) is 0 Å². The van der Waals surface area contributed by atoms with Crippen molar-refractivity contribution in [1.29, 1.82) is 0 Å². The third kappa shape index (κ3) is 2.94.